The molecule has 8 aromatic rings. The molecule has 1 atom stereocenters. The van der Waals surface area contributed by atoms with Crippen LogP contribution in [-0.4, -0.2) is 0 Å². The maximum absolute atomic E-state index is 2.51. The van der Waals surface area contributed by atoms with E-state index in [9.17, 15) is 0 Å². The summed E-state index contributed by atoms with van der Waals surface area (Å²) in [5.74, 6) is 0. The summed E-state index contributed by atoms with van der Waals surface area (Å²) in [5.41, 5.74) is 24.5. The Hall–Kier alpha value is -6.96. The highest BCUT2D eigenvalue weighted by atomic mass is 15.1. The van der Waals surface area contributed by atoms with Gasteiger partial charge in [-0.05, 0) is 127 Å². The smallest absolute Gasteiger partial charge is 0.0728 e. The zero-order valence-corrected chi connectivity index (χ0v) is 33.4. The Kier molecular flexibility index (Phi) is 7.38. The van der Waals surface area contributed by atoms with Gasteiger partial charge in [0.25, 0.3) is 0 Å². The minimum Gasteiger partial charge on any atom is -0.310 e. The molecule has 0 N–H and O–H groups in total. The molecule has 0 amide bonds. The van der Waals surface area contributed by atoms with Gasteiger partial charge in [-0.15, -0.1) is 0 Å². The van der Waals surface area contributed by atoms with Gasteiger partial charge in [0.1, 0.15) is 0 Å². The third kappa shape index (κ3) is 4.73. The molecule has 280 valence electrons. The lowest BCUT2D eigenvalue weighted by Crippen LogP contribution is -2.28. The number of fused-ring (bicyclic) bond motifs is 12. The van der Waals surface area contributed by atoms with Crippen LogP contribution in [0.4, 0.5) is 17.1 Å². The second kappa shape index (κ2) is 12.8. The number of benzene rings is 8. The average molecular weight is 754 g/mol. The lowest BCUT2D eigenvalue weighted by molar-refractivity contribution is 0.660. The maximum atomic E-state index is 2.51. The second-order valence-electron chi connectivity index (χ2n) is 17.1. The van der Waals surface area contributed by atoms with Crippen molar-refractivity contribution in [2.75, 3.05) is 4.90 Å². The lowest BCUT2D eigenvalue weighted by Gasteiger charge is -2.35. The van der Waals surface area contributed by atoms with Gasteiger partial charge < -0.3 is 4.90 Å². The number of hydrogen-bond donors (Lipinski definition) is 0. The van der Waals surface area contributed by atoms with Crippen molar-refractivity contribution in [1.29, 1.82) is 0 Å². The normalized spacial score (nSPS) is 17.4. The van der Waals surface area contributed by atoms with Crippen LogP contribution in [0.25, 0.3) is 44.5 Å². The van der Waals surface area contributed by atoms with E-state index in [2.05, 4.69) is 219 Å². The molecule has 0 aromatic heterocycles. The summed E-state index contributed by atoms with van der Waals surface area (Å²) in [4.78, 5) is 2.51. The van der Waals surface area contributed by atoms with Crippen LogP contribution in [0, 0.1) is 0 Å². The fraction of sp³-hybridized carbons (Fsp3) is 0.103. The van der Waals surface area contributed by atoms with Gasteiger partial charge in [0.15, 0.2) is 0 Å². The summed E-state index contributed by atoms with van der Waals surface area (Å²) in [5, 5.41) is 0. The van der Waals surface area contributed by atoms with Crippen molar-refractivity contribution in [1.82, 2.24) is 0 Å². The highest BCUT2D eigenvalue weighted by Gasteiger charge is 2.54. The summed E-state index contributed by atoms with van der Waals surface area (Å²) < 4.78 is 0. The van der Waals surface area contributed by atoms with Gasteiger partial charge in [-0.1, -0.05) is 184 Å². The molecule has 12 rings (SSSR count). The van der Waals surface area contributed by atoms with Gasteiger partial charge in [-0.2, -0.15) is 0 Å². The van der Waals surface area contributed by atoms with Crippen LogP contribution >= 0.6 is 0 Å². The maximum Gasteiger partial charge on any atom is 0.0728 e. The monoisotopic (exact) mass is 753 g/mol. The molecule has 1 spiro atoms. The Balaban J connectivity index is 1.11. The van der Waals surface area contributed by atoms with Crippen molar-refractivity contribution in [3.05, 3.63) is 245 Å². The standard InChI is InChI=1S/C58H43N/c1-57(2)50-28-13-9-23-44(50)47-34-32-41(37-54(47)57)59(55-31-16-12-22-42(55)38-18-5-3-6-19-38)40-33-35-53-49(36-40)46-25-11-15-30-52(46)58(53)51-29-14-10-24-45(51)48-27-17-26-43(56(48)58)39-20-7-4-8-21-39/h3-16,18-26,28-37H,17,27H2,1-2H3. The summed E-state index contributed by atoms with van der Waals surface area (Å²) in [6.45, 7) is 4.75. The van der Waals surface area contributed by atoms with Crippen molar-refractivity contribution in [2.24, 2.45) is 0 Å². The van der Waals surface area contributed by atoms with Gasteiger partial charge in [0.05, 0.1) is 11.1 Å². The van der Waals surface area contributed by atoms with Crippen LogP contribution in [0.3, 0.4) is 0 Å². The summed E-state index contributed by atoms with van der Waals surface area (Å²) >= 11 is 0. The summed E-state index contributed by atoms with van der Waals surface area (Å²) in [6.07, 6.45) is 4.59. The summed E-state index contributed by atoms with van der Waals surface area (Å²) in [7, 11) is 0. The molecule has 8 aromatic carbocycles. The topological polar surface area (TPSA) is 3.24 Å². The van der Waals surface area contributed by atoms with Gasteiger partial charge in [0, 0.05) is 22.4 Å². The van der Waals surface area contributed by atoms with E-state index in [4.69, 9.17) is 0 Å². The van der Waals surface area contributed by atoms with Gasteiger partial charge in [-0.25, -0.2) is 0 Å². The Labute approximate surface area is 347 Å². The van der Waals surface area contributed by atoms with Crippen LogP contribution in [-0.2, 0) is 10.8 Å². The SMILES string of the molecule is CC1(C)c2ccccc2-c2ccc(N(c3ccc4c(c3)-c3ccccc3C43C4=C(CCC=C4c4ccccc4)c4ccccc43)c3ccccc3-c3ccccc3)cc21. The van der Waals surface area contributed by atoms with Crippen molar-refractivity contribution in [2.45, 2.75) is 37.5 Å². The first-order chi connectivity index (χ1) is 29.0. The first-order valence-corrected chi connectivity index (χ1v) is 21.1. The van der Waals surface area contributed by atoms with Gasteiger partial charge in [-0.3, -0.25) is 0 Å². The minimum absolute atomic E-state index is 0.124. The molecule has 4 aliphatic rings. The van der Waals surface area contributed by atoms with E-state index in [1.165, 1.54) is 89.0 Å². The number of rotatable bonds is 5. The molecule has 0 radical (unpaired) electrons. The number of allylic oxidation sites excluding steroid dienone is 4. The predicted octanol–water partition coefficient (Wildman–Crippen LogP) is 15.1. The molecule has 0 heterocycles. The van der Waals surface area contributed by atoms with E-state index < -0.39 is 5.41 Å². The Bertz CT molecular complexity index is 3070. The first kappa shape index (κ1) is 34.1. The number of hydrogen-bond acceptors (Lipinski definition) is 1. The molecule has 1 unspecified atom stereocenters. The van der Waals surface area contributed by atoms with Crippen molar-refractivity contribution in [3.63, 3.8) is 0 Å². The highest BCUT2D eigenvalue weighted by molar-refractivity contribution is 6.05. The van der Waals surface area contributed by atoms with E-state index in [0.29, 0.717) is 0 Å². The van der Waals surface area contributed by atoms with Crippen LogP contribution in [0.5, 0.6) is 0 Å². The molecule has 0 fully saturated rings. The van der Waals surface area contributed by atoms with E-state index >= 15 is 0 Å². The summed E-state index contributed by atoms with van der Waals surface area (Å²) in [6, 6.07) is 72.8. The Morgan fingerprint density at radius 2 is 0.932 bits per heavy atom. The number of nitrogens with zero attached hydrogens (tertiary/aromatic N) is 1. The zero-order valence-electron chi connectivity index (χ0n) is 33.4. The molecule has 1 nitrogen and oxygen atoms in total. The van der Waals surface area contributed by atoms with E-state index in [1.54, 1.807) is 0 Å². The Morgan fingerprint density at radius 3 is 1.68 bits per heavy atom. The second-order valence-corrected chi connectivity index (χ2v) is 17.1. The van der Waals surface area contributed by atoms with E-state index in [0.717, 1.165) is 29.9 Å². The fourth-order valence-electron chi connectivity index (χ4n) is 11.3. The van der Waals surface area contributed by atoms with E-state index in [-0.39, 0.29) is 5.41 Å². The highest BCUT2D eigenvalue weighted by Crippen LogP contribution is 2.66. The average Bonchev–Trinajstić information content (AvgIpc) is 3.85. The van der Waals surface area contributed by atoms with Crippen LogP contribution in [0.1, 0.15) is 65.6 Å². The quantitative estimate of drug-likeness (QED) is 0.169. The molecule has 4 aliphatic carbocycles. The zero-order chi connectivity index (χ0) is 39.3. The first-order valence-electron chi connectivity index (χ1n) is 21.1. The largest absolute Gasteiger partial charge is 0.310 e. The third-order valence-corrected chi connectivity index (χ3v) is 13.8. The number of para-hydroxylation sites is 1. The van der Waals surface area contributed by atoms with Gasteiger partial charge >= 0.3 is 0 Å². The molecular weight excluding hydrogens is 711 g/mol. The van der Waals surface area contributed by atoms with Crippen molar-refractivity contribution in [3.8, 4) is 33.4 Å². The molecule has 0 saturated heterocycles. The van der Waals surface area contributed by atoms with Crippen molar-refractivity contribution >= 4 is 28.2 Å². The minimum atomic E-state index is -0.422. The van der Waals surface area contributed by atoms with E-state index in [1.807, 2.05) is 0 Å². The molecule has 0 bridgehead atoms. The van der Waals surface area contributed by atoms with Crippen LogP contribution in [0.2, 0.25) is 0 Å². The van der Waals surface area contributed by atoms with Crippen molar-refractivity contribution < 1.29 is 0 Å². The molecular formula is C58H43N. The number of anilines is 3. The third-order valence-electron chi connectivity index (χ3n) is 13.8. The van der Waals surface area contributed by atoms with Gasteiger partial charge in [0.2, 0.25) is 0 Å². The molecule has 0 saturated carbocycles. The molecule has 1 heteroatoms. The fourth-order valence-corrected chi connectivity index (χ4v) is 11.3. The predicted molar refractivity (Wildman–Crippen MR) is 246 cm³/mol. The van der Waals surface area contributed by atoms with Crippen LogP contribution < -0.4 is 4.90 Å². The van der Waals surface area contributed by atoms with Crippen LogP contribution in [0.15, 0.2) is 206 Å². The molecule has 0 aliphatic heterocycles. The Morgan fingerprint density at radius 1 is 0.407 bits per heavy atom. The lowest BCUT2D eigenvalue weighted by atomic mass is 9.66. The molecule has 59 heavy (non-hydrogen) atoms.